The molecule has 0 unspecified atom stereocenters. The number of rotatable bonds is 4. The first-order valence-corrected chi connectivity index (χ1v) is 13.2. The number of hydrogen-bond donors (Lipinski definition) is 0. The third-order valence-electron chi connectivity index (χ3n) is 7.81. The van der Waals surface area contributed by atoms with E-state index in [-0.39, 0.29) is 0 Å². The monoisotopic (exact) mass is 497 g/mol. The van der Waals surface area contributed by atoms with Gasteiger partial charge in [-0.15, -0.1) is 0 Å². The Balaban J connectivity index is 1.25. The van der Waals surface area contributed by atoms with Gasteiger partial charge in [0.05, 0.1) is 0 Å². The molecule has 8 aromatic rings. The Hall–Kier alpha value is -5.02. The van der Waals surface area contributed by atoms with Crippen LogP contribution in [0.1, 0.15) is 0 Å². The Morgan fingerprint density at radius 1 is 0.282 bits per heavy atom. The maximum atomic E-state index is 6.28. The molecule has 0 amide bonds. The second-order valence-corrected chi connectivity index (χ2v) is 9.87. The predicted molar refractivity (Wildman–Crippen MR) is 165 cm³/mol. The maximum Gasteiger partial charge on any atom is 0.658 e. The smallest absolute Gasteiger partial charge is 0.526 e. The average Bonchev–Trinajstić information content (AvgIpc) is 3.01. The van der Waals surface area contributed by atoms with Crippen molar-refractivity contribution in [2.45, 2.75) is 0 Å². The summed E-state index contributed by atoms with van der Waals surface area (Å²) in [6.07, 6.45) is 0. The van der Waals surface area contributed by atoms with Gasteiger partial charge in [0, 0.05) is 10.8 Å². The highest BCUT2D eigenvalue weighted by Crippen LogP contribution is 2.41. The highest BCUT2D eigenvalue weighted by Gasteiger charge is 2.15. The van der Waals surface area contributed by atoms with Crippen molar-refractivity contribution < 1.29 is 9.31 Å². The van der Waals surface area contributed by atoms with Crippen LogP contribution in [0.5, 0.6) is 11.5 Å². The van der Waals surface area contributed by atoms with E-state index in [9.17, 15) is 0 Å². The molecule has 181 valence electrons. The fraction of sp³-hybridized carbons (Fsp3) is 0. The normalized spacial score (nSPS) is 11.6. The van der Waals surface area contributed by atoms with Crippen LogP contribution in [0.2, 0.25) is 0 Å². The quantitative estimate of drug-likeness (QED) is 0.178. The van der Waals surface area contributed by atoms with Crippen molar-refractivity contribution in [1.82, 2.24) is 0 Å². The zero-order chi connectivity index (χ0) is 25.8. The van der Waals surface area contributed by atoms with Crippen LogP contribution in [-0.2, 0) is 0 Å². The summed E-state index contributed by atoms with van der Waals surface area (Å²) < 4.78 is 12.6. The molecule has 0 N–H and O–H groups in total. The number of hydrogen-bond acceptors (Lipinski definition) is 2. The second kappa shape index (κ2) is 8.78. The van der Waals surface area contributed by atoms with Gasteiger partial charge in [-0.3, -0.25) is 0 Å². The van der Waals surface area contributed by atoms with Gasteiger partial charge in [-0.2, -0.15) is 0 Å². The molecule has 0 saturated carbocycles. The van der Waals surface area contributed by atoms with Crippen molar-refractivity contribution in [2.75, 3.05) is 0 Å². The molecule has 8 aromatic carbocycles. The molecular formula is C36H22BO2. The van der Waals surface area contributed by atoms with Gasteiger partial charge < -0.3 is 9.31 Å². The summed E-state index contributed by atoms with van der Waals surface area (Å²) in [6.45, 7) is 0. The van der Waals surface area contributed by atoms with E-state index in [1.165, 1.54) is 40.0 Å². The van der Waals surface area contributed by atoms with Crippen molar-refractivity contribution >= 4 is 72.3 Å². The summed E-state index contributed by atoms with van der Waals surface area (Å²) >= 11 is 0. The predicted octanol–water partition coefficient (Wildman–Crippen LogP) is 9.60. The van der Waals surface area contributed by atoms with Gasteiger partial charge in [-0.25, -0.2) is 0 Å². The molecule has 2 nitrogen and oxygen atoms in total. The molecular weight excluding hydrogens is 475 g/mol. The first kappa shape index (κ1) is 22.0. The molecule has 0 heterocycles. The Labute approximate surface area is 226 Å². The summed E-state index contributed by atoms with van der Waals surface area (Å²) in [4.78, 5) is 0. The molecule has 0 aromatic heterocycles. The zero-order valence-electron chi connectivity index (χ0n) is 21.1. The fourth-order valence-corrected chi connectivity index (χ4v) is 6.17. The SMILES string of the molecule is [B](Oc1cccc2c3ccccc3c3ccccc3c12)Oc1cccc2c3ccccc3c3ccccc3c12. The third kappa shape index (κ3) is 3.37. The lowest BCUT2D eigenvalue weighted by Gasteiger charge is -2.16. The topological polar surface area (TPSA) is 18.5 Å². The van der Waals surface area contributed by atoms with Crippen molar-refractivity contribution in [2.24, 2.45) is 0 Å². The van der Waals surface area contributed by atoms with Gasteiger partial charge in [0.2, 0.25) is 0 Å². The van der Waals surface area contributed by atoms with Crippen LogP contribution in [0, 0.1) is 0 Å². The van der Waals surface area contributed by atoms with Gasteiger partial charge in [0.25, 0.3) is 0 Å². The van der Waals surface area contributed by atoms with Crippen molar-refractivity contribution in [3.63, 3.8) is 0 Å². The third-order valence-corrected chi connectivity index (χ3v) is 7.81. The summed E-state index contributed by atoms with van der Waals surface area (Å²) in [7, 11) is 1.47. The molecule has 0 fully saturated rings. The minimum absolute atomic E-state index is 0.769. The van der Waals surface area contributed by atoms with E-state index in [1.807, 2.05) is 24.3 Å². The summed E-state index contributed by atoms with van der Waals surface area (Å²) in [5.41, 5.74) is 0. The fourth-order valence-electron chi connectivity index (χ4n) is 6.17. The first-order valence-electron chi connectivity index (χ1n) is 13.2. The van der Waals surface area contributed by atoms with Crippen LogP contribution in [0.4, 0.5) is 0 Å². The van der Waals surface area contributed by atoms with Gasteiger partial charge in [-0.1, -0.05) is 121 Å². The summed E-state index contributed by atoms with van der Waals surface area (Å²) in [5.74, 6) is 1.54. The molecule has 0 aliphatic heterocycles. The molecule has 0 bridgehead atoms. The molecule has 0 spiro atoms. The van der Waals surface area contributed by atoms with Crippen LogP contribution in [0.15, 0.2) is 133 Å². The van der Waals surface area contributed by atoms with Gasteiger partial charge in [0.1, 0.15) is 11.5 Å². The molecule has 39 heavy (non-hydrogen) atoms. The van der Waals surface area contributed by atoms with Gasteiger partial charge in [-0.05, 0) is 66.0 Å². The second-order valence-electron chi connectivity index (χ2n) is 9.87. The van der Waals surface area contributed by atoms with Crippen molar-refractivity contribution in [3.05, 3.63) is 133 Å². The molecule has 1 radical (unpaired) electrons. The van der Waals surface area contributed by atoms with E-state index in [2.05, 4.69) is 109 Å². The summed E-state index contributed by atoms with van der Waals surface area (Å²) in [5, 5.41) is 14.2. The van der Waals surface area contributed by atoms with Crippen LogP contribution < -0.4 is 9.31 Å². The van der Waals surface area contributed by atoms with E-state index in [0.717, 1.165) is 43.8 Å². The zero-order valence-corrected chi connectivity index (χ0v) is 21.1. The lowest BCUT2D eigenvalue weighted by molar-refractivity contribution is 0.465. The minimum atomic E-state index is 0.769. The standard InChI is InChI=1S/C36H22BO2/c1-3-13-27-23(11-1)25-15-5-7-17-29(25)35-31(27)19-9-21-33(35)38-37-39-34-22-10-20-32-28-14-4-2-12-24(28)26-16-6-8-18-30(26)36(32)34/h1-22H. The Morgan fingerprint density at radius 3 is 0.872 bits per heavy atom. The highest BCUT2D eigenvalue weighted by atomic mass is 16.6. The van der Waals surface area contributed by atoms with E-state index in [1.54, 1.807) is 0 Å². The van der Waals surface area contributed by atoms with Gasteiger partial charge >= 0.3 is 7.69 Å². The largest absolute Gasteiger partial charge is 0.658 e. The number of benzene rings is 8. The van der Waals surface area contributed by atoms with Crippen molar-refractivity contribution in [3.8, 4) is 11.5 Å². The Bertz CT molecular complexity index is 1970. The van der Waals surface area contributed by atoms with Gasteiger partial charge in [0.15, 0.2) is 0 Å². The molecule has 0 aliphatic carbocycles. The van der Waals surface area contributed by atoms with E-state index in [0.29, 0.717) is 0 Å². The van der Waals surface area contributed by atoms with Crippen LogP contribution in [-0.4, -0.2) is 7.69 Å². The maximum absolute atomic E-state index is 6.28. The van der Waals surface area contributed by atoms with Crippen molar-refractivity contribution in [1.29, 1.82) is 0 Å². The molecule has 0 aliphatic rings. The lowest BCUT2D eigenvalue weighted by atomic mass is 9.93. The van der Waals surface area contributed by atoms with Crippen LogP contribution in [0.3, 0.4) is 0 Å². The van der Waals surface area contributed by atoms with E-state index < -0.39 is 0 Å². The average molecular weight is 497 g/mol. The van der Waals surface area contributed by atoms with Crippen LogP contribution in [0.25, 0.3) is 64.6 Å². The first-order chi connectivity index (χ1) is 19.4. The van der Waals surface area contributed by atoms with Crippen LogP contribution >= 0.6 is 0 Å². The van der Waals surface area contributed by atoms with E-state index in [4.69, 9.17) is 9.31 Å². The molecule has 3 heteroatoms. The number of fused-ring (bicyclic) bond motifs is 12. The highest BCUT2D eigenvalue weighted by molar-refractivity contribution is 6.30. The molecule has 8 rings (SSSR count). The Morgan fingerprint density at radius 2 is 0.538 bits per heavy atom. The Kier molecular flexibility index (Phi) is 4.96. The summed E-state index contributed by atoms with van der Waals surface area (Å²) in [6, 6.07) is 46.6. The van der Waals surface area contributed by atoms with E-state index >= 15 is 0 Å². The lowest BCUT2D eigenvalue weighted by Crippen LogP contribution is -2.11. The minimum Gasteiger partial charge on any atom is -0.526 e. The molecule has 0 saturated heterocycles. The molecule has 0 atom stereocenters.